The van der Waals surface area contributed by atoms with Gasteiger partial charge in [-0.25, -0.2) is 0 Å². The first-order valence-corrected chi connectivity index (χ1v) is 18.0. The fourth-order valence-corrected chi connectivity index (χ4v) is 6.64. The SMILES string of the molecule is Nc1ccccc1NC(=O)CCCCC(=O)Nc1ccc([C@@H]2O[C@H](CN3CCN(c4ccc([N+](=O)[O-])cc4)CC3)C[C@H](c3ccc(CO)cc3)O2)cc1. The zero-order valence-electron chi connectivity index (χ0n) is 29.6. The minimum atomic E-state index is -0.625. The quantitative estimate of drug-likeness (QED) is 0.0510. The van der Waals surface area contributed by atoms with Gasteiger partial charge in [0.2, 0.25) is 11.8 Å². The van der Waals surface area contributed by atoms with Crippen molar-refractivity contribution in [2.45, 2.75) is 57.2 Å². The number of aliphatic hydroxyl groups excluding tert-OH is 1. The molecule has 0 bridgehead atoms. The molecule has 3 atom stereocenters. The highest BCUT2D eigenvalue weighted by atomic mass is 16.7. The van der Waals surface area contributed by atoms with Gasteiger partial charge in [-0.05, 0) is 60.4 Å². The second-order valence-electron chi connectivity index (χ2n) is 13.4. The predicted octanol–water partition coefficient (Wildman–Crippen LogP) is 6.17. The fourth-order valence-electron chi connectivity index (χ4n) is 6.64. The third-order valence-electron chi connectivity index (χ3n) is 9.63. The summed E-state index contributed by atoms with van der Waals surface area (Å²) >= 11 is 0. The Morgan fingerprint density at radius 1 is 0.811 bits per heavy atom. The van der Waals surface area contributed by atoms with Crippen molar-refractivity contribution in [3.8, 4) is 0 Å². The molecule has 13 heteroatoms. The Morgan fingerprint density at radius 2 is 1.45 bits per heavy atom. The van der Waals surface area contributed by atoms with Crippen molar-refractivity contribution in [2.24, 2.45) is 0 Å². The van der Waals surface area contributed by atoms with Crippen molar-refractivity contribution in [1.29, 1.82) is 0 Å². The Hall–Kier alpha value is -5.34. The van der Waals surface area contributed by atoms with Crippen LogP contribution < -0.4 is 21.3 Å². The van der Waals surface area contributed by atoms with E-state index in [2.05, 4.69) is 20.4 Å². The summed E-state index contributed by atoms with van der Waals surface area (Å²) in [4.78, 5) is 40.2. The Balaban J connectivity index is 1.02. The molecule has 5 N–H and O–H groups in total. The van der Waals surface area contributed by atoms with Gasteiger partial charge in [0.15, 0.2) is 6.29 Å². The largest absolute Gasteiger partial charge is 0.397 e. The molecule has 2 aliphatic rings. The molecule has 2 heterocycles. The molecule has 4 aromatic carbocycles. The maximum Gasteiger partial charge on any atom is 0.269 e. The number of nitro groups is 1. The van der Waals surface area contributed by atoms with Crippen molar-refractivity contribution < 1.29 is 29.1 Å². The van der Waals surface area contributed by atoms with Gasteiger partial charge >= 0.3 is 0 Å². The normalized spacial score (nSPS) is 19.0. The Morgan fingerprint density at radius 3 is 2.09 bits per heavy atom. The molecule has 0 radical (unpaired) electrons. The highest BCUT2D eigenvalue weighted by Gasteiger charge is 2.34. The van der Waals surface area contributed by atoms with E-state index >= 15 is 0 Å². The molecule has 0 aliphatic carbocycles. The first-order chi connectivity index (χ1) is 25.7. The number of hydrogen-bond donors (Lipinski definition) is 4. The highest BCUT2D eigenvalue weighted by molar-refractivity contribution is 5.94. The molecular weight excluding hydrogens is 676 g/mol. The van der Waals surface area contributed by atoms with Gasteiger partial charge in [-0.2, -0.15) is 0 Å². The van der Waals surface area contributed by atoms with Crippen LogP contribution in [0, 0.1) is 10.1 Å². The summed E-state index contributed by atoms with van der Waals surface area (Å²) in [6, 6.07) is 29.1. The van der Waals surface area contributed by atoms with Crippen LogP contribution in [0.3, 0.4) is 0 Å². The predicted molar refractivity (Wildman–Crippen MR) is 203 cm³/mol. The number of ether oxygens (including phenoxy) is 2. The number of piperazine rings is 1. The molecule has 2 aliphatic heterocycles. The Bertz CT molecular complexity index is 1830. The van der Waals surface area contributed by atoms with E-state index in [9.17, 15) is 24.8 Å². The maximum absolute atomic E-state index is 12.7. The number of amides is 2. The zero-order chi connectivity index (χ0) is 37.2. The van der Waals surface area contributed by atoms with Crippen molar-refractivity contribution in [3.63, 3.8) is 0 Å². The summed E-state index contributed by atoms with van der Waals surface area (Å²) in [5, 5.41) is 26.4. The van der Waals surface area contributed by atoms with Crippen molar-refractivity contribution in [3.05, 3.63) is 124 Å². The van der Waals surface area contributed by atoms with Crippen LogP contribution >= 0.6 is 0 Å². The van der Waals surface area contributed by atoms with Crippen molar-refractivity contribution in [1.82, 2.24) is 4.90 Å². The van der Waals surface area contributed by atoms with Gasteiger partial charge in [-0.3, -0.25) is 24.6 Å². The van der Waals surface area contributed by atoms with Gasteiger partial charge in [-0.15, -0.1) is 0 Å². The van der Waals surface area contributed by atoms with E-state index in [0.29, 0.717) is 42.7 Å². The Kier molecular flexibility index (Phi) is 12.7. The highest BCUT2D eigenvalue weighted by Crippen LogP contribution is 2.38. The first kappa shape index (κ1) is 37.4. The molecule has 278 valence electrons. The minimum Gasteiger partial charge on any atom is -0.397 e. The van der Waals surface area contributed by atoms with E-state index in [0.717, 1.165) is 55.1 Å². The van der Waals surface area contributed by atoms with Crippen LogP contribution in [0.25, 0.3) is 0 Å². The molecule has 0 spiro atoms. The maximum atomic E-state index is 12.7. The van der Waals surface area contributed by atoms with Gasteiger partial charge in [0.25, 0.3) is 5.69 Å². The summed E-state index contributed by atoms with van der Waals surface area (Å²) in [6.07, 6.45) is 1.42. The number of non-ortho nitro benzene ring substituents is 1. The van der Waals surface area contributed by atoms with Crippen LogP contribution in [0.15, 0.2) is 97.1 Å². The third-order valence-corrected chi connectivity index (χ3v) is 9.63. The smallest absolute Gasteiger partial charge is 0.269 e. The van der Waals surface area contributed by atoms with Gasteiger partial charge in [0.1, 0.15) is 0 Å². The number of nitro benzene ring substituents is 1. The lowest BCUT2D eigenvalue weighted by Gasteiger charge is -2.41. The lowest BCUT2D eigenvalue weighted by molar-refractivity contribution is -0.384. The number of aliphatic hydroxyl groups is 1. The monoisotopic (exact) mass is 722 g/mol. The van der Waals surface area contributed by atoms with E-state index in [-0.39, 0.29) is 47.7 Å². The van der Waals surface area contributed by atoms with Gasteiger partial charge < -0.3 is 35.8 Å². The first-order valence-electron chi connectivity index (χ1n) is 18.0. The van der Waals surface area contributed by atoms with Crippen LogP contribution in [0.5, 0.6) is 0 Å². The van der Waals surface area contributed by atoms with E-state index in [1.54, 1.807) is 42.5 Å². The van der Waals surface area contributed by atoms with E-state index in [1.807, 2.05) is 54.6 Å². The number of nitrogens with two attached hydrogens (primary N) is 1. The molecular formula is C40H46N6O7. The second-order valence-corrected chi connectivity index (χ2v) is 13.4. The van der Waals surface area contributed by atoms with E-state index in [1.165, 1.54) is 0 Å². The minimum absolute atomic E-state index is 0.0310. The third kappa shape index (κ3) is 10.4. The topological polar surface area (TPSA) is 173 Å². The summed E-state index contributed by atoms with van der Waals surface area (Å²) in [5.41, 5.74) is 11.4. The standard InChI is InChI=1S/C40H46N6O7/c41-35-5-1-2-6-36(35)43-39(49)8-4-3-7-38(48)42-31-15-13-30(14-16-31)40-52-34(25-37(53-40)29-11-9-28(27-47)10-12-29)26-44-21-23-45(24-22-44)32-17-19-33(20-18-32)46(50)51/h1-2,5-6,9-20,34,37,40,47H,3-4,7-8,21-27,41H2,(H,42,48)(H,43,49)/t34-,37+,40+/m0/s1. The molecule has 0 aromatic heterocycles. The number of nitrogens with one attached hydrogen (secondary N) is 2. The number of carbonyl (C=O) groups is 2. The second kappa shape index (κ2) is 17.9. The Labute approximate surface area is 308 Å². The van der Waals surface area contributed by atoms with E-state index < -0.39 is 6.29 Å². The molecule has 0 saturated carbocycles. The summed E-state index contributed by atoms with van der Waals surface area (Å²) in [7, 11) is 0. The number of para-hydroxylation sites is 2. The summed E-state index contributed by atoms with van der Waals surface area (Å²) in [5.74, 6) is -0.268. The number of nitrogens with zero attached hydrogens (tertiary/aromatic N) is 3. The number of benzene rings is 4. The zero-order valence-corrected chi connectivity index (χ0v) is 29.6. The lowest BCUT2D eigenvalue weighted by atomic mass is 9.99. The van der Waals surface area contributed by atoms with Crippen LogP contribution in [0.2, 0.25) is 0 Å². The number of anilines is 4. The van der Waals surface area contributed by atoms with Gasteiger partial charge in [0, 0.05) is 81.1 Å². The number of hydrogen-bond acceptors (Lipinski definition) is 10. The summed E-state index contributed by atoms with van der Waals surface area (Å²) in [6.45, 7) is 3.92. The van der Waals surface area contributed by atoms with Crippen LogP contribution in [-0.4, -0.2) is 65.6 Å². The summed E-state index contributed by atoms with van der Waals surface area (Å²) < 4.78 is 13.1. The van der Waals surface area contributed by atoms with Gasteiger partial charge in [0.05, 0.1) is 35.1 Å². The average molecular weight is 723 g/mol. The lowest BCUT2D eigenvalue weighted by Crippen LogP contribution is -2.49. The average Bonchev–Trinajstić information content (AvgIpc) is 3.18. The fraction of sp³-hybridized carbons (Fsp3) is 0.350. The van der Waals surface area contributed by atoms with E-state index in [4.69, 9.17) is 15.2 Å². The van der Waals surface area contributed by atoms with Crippen LogP contribution in [0.1, 0.15) is 61.2 Å². The molecule has 13 nitrogen and oxygen atoms in total. The molecule has 4 aromatic rings. The number of carbonyl (C=O) groups excluding carboxylic acids is 2. The molecule has 53 heavy (non-hydrogen) atoms. The molecule has 6 rings (SSSR count). The van der Waals surface area contributed by atoms with Crippen molar-refractivity contribution in [2.75, 3.05) is 54.0 Å². The molecule has 2 saturated heterocycles. The number of unbranched alkanes of at least 4 members (excludes halogenated alkanes) is 1. The number of rotatable bonds is 14. The van der Waals surface area contributed by atoms with Crippen LogP contribution in [0.4, 0.5) is 28.4 Å². The van der Waals surface area contributed by atoms with Crippen LogP contribution in [-0.2, 0) is 25.7 Å². The molecule has 2 fully saturated rings. The molecule has 2 amide bonds. The van der Waals surface area contributed by atoms with Gasteiger partial charge in [-0.1, -0.05) is 48.5 Å². The number of nitrogen functional groups attached to an aromatic ring is 1. The molecule has 0 unspecified atom stereocenters. The van der Waals surface area contributed by atoms with Crippen molar-refractivity contribution >= 4 is 40.3 Å².